The first kappa shape index (κ1) is 14.9. The van der Waals surface area contributed by atoms with E-state index in [4.69, 9.17) is 4.52 Å². The largest absolute Gasteiger partial charge is 0.356 e. The Bertz CT molecular complexity index is 1140. The molecule has 0 aliphatic heterocycles. The zero-order valence-corrected chi connectivity index (χ0v) is 14.0. The fraction of sp³-hybridized carbons (Fsp3) is 0.0909. The lowest BCUT2D eigenvalue weighted by Gasteiger charge is -2.07. The van der Waals surface area contributed by atoms with Gasteiger partial charge >= 0.3 is 0 Å². The van der Waals surface area contributed by atoms with Crippen LogP contribution in [0.25, 0.3) is 22.1 Å². The predicted octanol–water partition coefficient (Wildman–Crippen LogP) is 4.58. The van der Waals surface area contributed by atoms with Crippen LogP contribution in [0.15, 0.2) is 71.3 Å². The lowest BCUT2D eigenvalue weighted by molar-refractivity contribution is -0.115. The van der Waals surface area contributed by atoms with Crippen molar-refractivity contribution in [3.63, 3.8) is 0 Å². The molecule has 0 spiro atoms. The van der Waals surface area contributed by atoms with Crippen LogP contribution in [0.1, 0.15) is 16.8 Å². The van der Waals surface area contributed by atoms with Gasteiger partial charge in [0.15, 0.2) is 5.58 Å². The standard InChI is InChI=1S/C22H16N2O2/c25-22(13-20-19-7-3-4-8-21(19)26-24-20)23-16-9-10-18-15(12-16)11-14-5-1-2-6-17(14)18/h1-10,12H,11,13H2,(H,23,25). The van der Waals surface area contributed by atoms with Gasteiger partial charge in [-0.25, -0.2) is 0 Å². The minimum absolute atomic E-state index is 0.0977. The Morgan fingerprint density at radius 1 is 0.962 bits per heavy atom. The van der Waals surface area contributed by atoms with Gasteiger partial charge in [-0.1, -0.05) is 47.6 Å². The zero-order chi connectivity index (χ0) is 17.5. The number of nitrogens with zero attached hydrogens (tertiary/aromatic N) is 1. The highest BCUT2D eigenvalue weighted by atomic mass is 16.5. The Labute approximate surface area is 150 Å². The molecule has 0 saturated carbocycles. The average molecular weight is 340 g/mol. The Kier molecular flexibility index (Phi) is 3.35. The van der Waals surface area contributed by atoms with Crippen LogP contribution in [0, 0.1) is 0 Å². The number of para-hydroxylation sites is 1. The SMILES string of the molecule is O=C(Cc1noc2ccccc12)Nc1ccc2c(c1)Cc1ccccc1-2. The molecule has 4 nitrogen and oxygen atoms in total. The quantitative estimate of drug-likeness (QED) is 0.523. The summed E-state index contributed by atoms with van der Waals surface area (Å²) in [5, 5.41) is 7.89. The molecule has 0 unspecified atom stereocenters. The lowest BCUT2D eigenvalue weighted by Crippen LogP contribution is -2.14. The first-order chi connectivity index (χ1) is 12.8. The van der Waals surface area contributed by atoms with Gasteiger partial charge in [0.25, 0.3) is 0 Å². The second kappa shape index (κ2) is 5.85. The maximum absolute atomic E-state index is 12.4. The van der Waals surface area contributed by atoms with Crippen LogP contribution >= 0.6 is 0 Å². The summed E-state index contributed by atoms with van der Waals surface area (Å²) in [7, 11) is 0. The molecular weight excluding hydrogens is 324 g/mol. The van der Waals surface area contributed by atoms with Crippen molar-refractivity contribution < 1.29 is 9.32 Å². The monoisotopic (exact) mass is 340 g/mol. The molecule has 1 aliphatic carbocycles. The van der Waals surface area contributed by atoms with E-state index in [1.54, 1.807) is 0 Å². The van der Waals surface area contributed by atoms with E-state index in [-0.39, 0.29) is 12.3 Å². The van der Waals surface area contributed by atoms with Crippen LogP contribution in [-0.4, -0.2) is 11.1 Å². The highest BCUT2D eigenvalue weighted by Crippen LogP contribution is 2.37. The van der Waals surface area contributed by atoms with Crippen molar-refractivity contribution in [3.8, 4) is 11.1 Å². The van der Waals surface area contributed by atoms with E-state index in [0.29, 0.717) is 11.3 Å². The molecular formula is C22H16N2O2. The highest BCUT2D eigenvalue weighted by Gasteiger charge is 2.18. The van der Waals surface area contributed by atoms with Crippen LogP contribution in [-0.2, 0) is 17.6 Å². The second-order valence-corrected chi connectivity index (χ2v) is 6.56. The van der Waals surface area contributed by atoms with Gasteiger partial charge in [-0.2, -0.15) is 0 Å². The first-order valence-corrected chi connectivity index (χ1v) is 8.62. The molecule has 1 aliphatic rings. The molecule has 5 rings (SSSR count). The number of anilines is 1. The number of rotatable bonds is 3. The summed E-state index contributed by atoms with van der Waals surface area (Å²) in [5.74, 6) is -0.0977. The van der Waals surface area contributed by atoms with Gasteiger partial charge in [0, 0.05) is 11.1 Å². The molecule has 0 bridgehead atoms. The molecule has 26 heavy (non-hydrogen) atoms. The lowest BCUT2D eigenvalue weighted by atomic mass is 10.1. The summed E-state index contributed by atoms with van der Waals surface area (Å²) in [4.78, 5) is 12.4. The first-order valence-electron chi connectivity index (χ1n) is 8.62. The van der Waals surface area contributed by atoms with E-state index >= 15 is 0 Å². The van der Waals surface area contributed by atoms with Crippen molar-refractivity contribution in [1.82, 2.24) is 5.16 Å². The van der Waals surface area contributed by atoms with Crippen LogP contribution in [0.4, 0.5) is 5.69 Å². The number of nitrogens with one attached hydrogen (secondary N) is 1. The maximum Gasteiger partial charge on any atom is 0.230 e. The molecule has 0 radical (unpaired) electrons. The van der Waals surface area contributed by atoms with Crippen molar-refractivity contribution in [2.75, 3.05) is 5.32 Å². The molecule has 4 heteroatoms. The molecule has 126 valence electrons. The maximum atomic E-state index is 12.4. The van der Waals surface area contributed by atoms with Gasteiger partial charge in [-0.3, -0.25) is 4.79 Å². The summed E-state index contributed by atoms with van der Waals surface area (Å²) < 4.78 is 5.27. The average Bonchev–Trinajstić information content (AvgIpc) is 3.22. The number of carbonyl (C=O) groups is 1. The van der Waals surface area contributed by atoms with E-state index in [1.165, 1.54) is 22.3 Å². The Hall–Kier alpha value is -3.40. The third kappa shape index (κ3) is 2.47. The zero-order valence-electron chi connectivity index (χ0n) is 14.0. The third-order valence-electron chi connectivity index (χ3n) is 4.86. The number of benzene rings is 3. The minimum Gasteiger partial charge on any atom is -0.356 e. The van der Waals surface area contributed by atoms with Gasteiger partial charge in [-0.05, 0) is 52.9 Å². The number of hydrogen-bond acceptors (Lipinski definition) is 3. The molecule has 0 saturated heterocycles. The highest BCUT2D eigenvalue weighted by molar-refractivity contribution is 5.95. The molecule has 1 amide bonds. The van der Waals surface area contributed by atoms with Crippen LogP contribution in [0.5, 0.6) is 0 Å². The summed E-state index contributed by atoms with van der Waals surface area (Å²) in [6.45, 7) is 0. The van der Waals surface area contributed by atoms with Crippen molar-refractivity contribution >= 4 is 22.6 Å². The smallest absolute Gasteiger partial charge is 0.230 e. The van der Waals surface area contributed by atoms with Crippen LogP contribution in [0.2, 0.25) is 0 Å². The van der Waals surface area contributed by atoms with E-state index in [2.05, 4.69) is 46.9 Å². The summed E-state index contributed by atoms with van der Waals surface area (Å²) in [6, 6.07) is 22.1. The molecule has 1 heterocycles. The third-order valence-corrected chi connectivity index (χ3v) is 4.86. The molecule has 0 fully saturated rings. The van der Waals surface area contributed by atoms with Crippen molar-refractivity contribution in [2.24, 2.45) is 0 Å². The van der Waals surface area contributed by atoms with E-state index < -0.39 is 0 Å². The second-order valence-electron chi connectivity index (χ2n) is 6.56. The number of amides is 1. The van der Waals surface area contributed by atoms with E-state index in [9.17, 15) is 4.79 Å². The summed E-state index contributed by atoms with van der Waals surface area (Å²) in [6.07, 6.45) is 1.09. The minimum atomic E-state index is -0.0977. The number of carbonyl (C=O) groups excluding carboxylic acids is 1. The fourth-order valence-corrected chi connectivity index (χ4v) is 3.65. The van der Waals surface area contributed by atoms with Gasteiger partial charge < -0.3 is 9.84 Å². The van der Waals surface area contributed by atoms with Crippen LogP contribution in [0.3, 0.4) is 0 Å². The molecule has 1 N–H and O–H groups in total. The van der Waals surface area contributed by atoms with Crippen molar-refractivity contribution in [1.29, 1.82) is 0 Å². The number of hydrogen-bond donors (Lipinski definition) is 1. The Morgan fingerprint density at radius 2 is 1.77 bits per heavy atom. The predicted molar refractivity (Wildman–Crippen MR) is 101 cm³/mol. The number of fused-ring (bicyclic) bond motifs is 4. The van der Waals surface area contributed by atoms with Gasteiger partial charge in [0.2, 0.25) is 5.91 Å². The normalized spacial score (nSPS) is 12.0. The van der Waals surface area contributed by atoms with Gasteiger partial charge in [0.05, 0.1) is 6.42 Å². The van der Waals surface area contributed by atoms with E-state index in [0.717, 1.165) is 17.5 Å². The number of aromatic nitrogens is 1. The van der Waals surface area contributed by atoms with E-state index in [1.807, 2.05) is 30.3 Å². The summed E-state index contributed by atoms with van der Waals surface area (Å²) in [5.41, 5.74) is 7.29. The fourth-order valence-electron chi connectivity index (χ4n) is 3.65. The summed E-state index contributed by atoms with van der Waals surface area (Å²) >= 11 is 0. The molecule has 4 aromatic rings. The Morgan fingerprint density at radius 3 is 2.73 bits per heavy atom. The topological polar surface area (TPSA) is 55.1 Å². The molecule has 0 atom stereocenters. The van der Waals surface area contributed by atoms with Crippen molar-refractivity contribution in [3.05, 3.63) is 83.6 Å². The Balaban J connectivity index is 1.36. The van der Waals surface area contributed by atoms with Crippen LogP contribution < -0.4 is 5.32 Å². The van der Waals surface area contributed by atoms with Gasteiger partial charge in [-0.15, -0.1) is 0 Å². The van der Waals surface area contributed by atoms with Crippen molar-refractivity contribution in [2.45, 2.75) is 12.8 Å². The molecule has 1 aromatic heterocycles. The molecule has 3 aromatic carbocycles. The van der Waals surface area contributed by atoms with Gasteiger partial charge in [0.1, 0.15) is 5.69 Å².